The smallest absolute Gasteiger partial charge is 0.161 e. The molecule has 0 amide bonds. The topological polar surface area (TPSA) is 54.4 Å². The van der Waals surface area contributed by atoms with Crippen molar-refractivity contribution in [2.45, 2.75) is 65.7 Å². The molecule has 0 aromatic heterocycles. The molecule has 0 aliphatic heterocycles. The molecule has 4 aliphatic carbocycles. The second-order valence-corrected chi connectivity index (χ2v) is 9.81. The van der Waals surface area contributed by atoms with Gasteiger partial charge in [0.15, 0.2) is 11.6 Å². The van der Waals surface area contributed by atoms with Crippen LogP contribution in [0.4, 0.5) is 0 Å². The molecule has 0 bridgehead atoms. The monoisotopic (exact) mass is 344 g/mol. The van der Waals surface area contributed by atoms with Gasteiger partial charge in [-0.2, -0.15) is 0 Å². The molecule has 1 N–H and O–H groups in total. The minimum Gasteiger partial charge on any atom is -0.389 e. The summed E-state index contributed by atoms with van der Waals surface area (Å²) in [5, 5.41) is 9.39. The Balaban J connectivity index is 1.65. The molecule has 138 valence electrons. The maximum atomic E-state index is 12.3. The van der Waals surface area contributed by atoms with Gasteiger partial charge >= 0.3 is 0 Å². The quantitative estimate of drug-likeness (QED) is 0.825. The van der Waals surface area contributed by atoms with Gasteiger partial charge in [0.2, 0.25) is 0 Å². The molecule has 0 aromatic rings. The van der Waals surface area contributed by atoms with E-state index in [1.807, 2.05) is 6.08 Å². The normalized spacial score (nSPS) is 49.0. The largest absolute Gasteiger partial charge is 0.389 e. The summed E-state index contributed by atoms with van der Waals surface area (Å²) >= 11 is 0. The van der Waals surface area contributed by atoms with Crippen molar-refractivity contribution in [1.29, 1.82) is 0 Å². The highest BCUT2D eigenvalue weighted by Crippen LogP contribution is 2.66. The van der Waals surface area contributed by atoms with Crippen LogP contribution in [-0.2, 0) is 9.59 Å². The van der Waals surface area contributed by atoms with Crippen molar-refractivity contribution in [2.24, 2.45) is 40.4 Å². The van der Waals surface area contributed by atoms with Crippen molar-refractivity contribution in [3.8, 4) is 0 Å². The molecular weight excluding hydrogens is 312 g/mol. The summed E-state index contributed by atoms with van der Waals surface area (Å²) in [6, 6.07) is 0. The van der Waals surface area contributed by atoms with Gasteiger partial charge in [-0.05, 0) is 79.6 Å². The number of aliphatic hydroxyl groups excluding tert-OH is 1. The summed E-state index contributed by atoms with van der Waals surface area (Å²) in [6.45, 7) is 6.51. The molecule has 1 unspecified atom stereocenters. The molecule has 3 heteroatoms. The third-order valence-electron chi connectivity index (χ3n) is 8.81. The van der Waals surface area contributed by atoms with E-state index in [2.05, 4.69) is 20.8 Å². The molecule has 25 heavy (non-hydrogen) atoms. The molecule has 0 saturated heterocycles. The number of hydrogen-bond acceptors (Lipinski definition) is 3. The lowest BCUT2D eigenvalue weighted by molar-refractivity contribution is -0.133. The zero-order chi connectivity index (χ0) is 18.0. The Morgan fingerprint density at radius 1 is 1.20 bits per heavy atom. The molecule has 3 nitrogen and oxygen atoms in total. The number of hydrogen-bond donors (Lipinski definition) is 1. The summed E-state index contributed by atoms with van der Waals surface area (Å²) in [4.78, 5) is 24.5. The first-order chi connectivity index (χ1) is 11.8. The summed E-state index contributed by atoms with van der Waals surface area (Å²) in [7, 11) is 0. The minimum atomic E-state index is -0.300. The first kappa shape index (κ1) is 17.5. The lowest BCUT2D eigenvalue weighted by Gasteiger charge is -2.58. The van der Waals surface area contributed by atoms with Gasteiger partial charge in [0.1, 0.15) is 6.61 Å². The Labute approximate surface area is 151 Å². The first-order valence-corrected chi connectivity index (χ1v) is 10.2. The van der Waals surface area contributed by atoms with E-state index in [0.29, 0.717) is 23.5 Å². The average molecular weight is 344 g/mol. The minimum absolute atomic E-state index is 0.0556. The van der Waals surface area contributed by atoms with Crippen molar-refractivity contribution in [3.63, 3.8) is 0 Å². The third kappa shape index (κ3) is 2.34. The molecule has 7 atom stereocenters. The lowest BCUT2D eigenvalue weighted by atomic mass is 9.46. The fraction of sp³-hybridized carbons (Fsp3) is 0.818. The van der Waals surface area contributed by atoms with E-state index < -0.39 is 0 Å². The van der Waals surface area contributed by atoms with Crippen LogP contribution in [0.1, 0.15) is 65.7 Å². The molecule has 0 aromatic carbocycles. The van der Waals surface area contributed by atoms with Gasteiger partial charge in [0, 0.05) is 11.8 Å². The van der Waals surface area contributed by atoms with Crippen molar-refractivity contribution in [1.82, 2.24) is 0 Å². The third-order valence-corrected chi connectivity index (χ3v) is 8.81. The molecule has 0 radical (unpaired) electrons. The number of ketones is 2. The summed E-state index contributed by atoms with van der Waals surface area (Å²) < 4.78 is 0. The van der Waals surface area contributed by atoms with Crippen LogP contribution in [0.2, 0.25) is 0 Å². The van der Waals surface area contributed by atoms with Crippen LogP contribution in [0.25, 0.3) is 0 Å². The second-order valence-electron chi connectivity index (χ2n) is 9.81. The van der Waals surface area contributed by atoms with E-state index >= 15 is 0 Å². The zero-order valence-corrected chi connectivity index (χ0v) is 15.9. The molecule has 0 heterocycles. The van der Waals surface area contributed by atoms with Crippen LogP contribution in [0.5, 0.6) is 0 Å². The Kier molecular flexibility index (Phi) is 4.03. The Bertz CT molecular complexity index is 635. The van der Waals surface area contributed by atoms with Crippen LogP contribution < -0.4 is 0 Å². The molecule has 3 fully saturated rings. The highest BCUT2D eigenvalue weighted by Gasteiger charge is 2.60. The van der Waals surface area contributed by atoms with E-state index in [9.17, 15) is 14.7 Å². The number of Topliss-reactive ketones (excluding diaryl/α,β-unsaturated/α-hetero) is 1. The van der Waals surface area contributed by atoms with Crippen molar-refractivity contribution < 1.29 is 14.7 Å². The summed E-state index contributed by atoms with van der Waals surface area (Å²) in [5.74, 6) is 2.53. The highest BCUT2D eigenvalue weighted by atomic mass is 16.3. The standard InChI is InChI=1S/C22H32O3/c1-13-11-22(3)14(10-19(13)24)4-5-15-16-6-7-18(20(25)12-23)21(16,2)9-8-17(15)22/h10,13,15-18,23H,4-9,11-12H2,1-3H3/t13?,15-,16-,17-,18+,21-,22-/m0/s1. The van der Waals surface area contributed by atoms with Gasteiger partial charge in [-0.15, -0.1) is 0 Å². The van der Waals surface area contributed by atoms with Gasteiger partial charge in [-0.25, -0.2) is 0 Å². The Hall–Kier alpha value is -0.960. The van der Waals surface area contributed by atoms with Gasteiger partial charge < -0.3 is 5.11 Å². The van der Waals surface area contributed by atoms with Crippen LogP contribution in [0.3, 0.4) is 0 Å². The van der Waals surface area contributed by atoms with Crippen molar-refractivity contribution in [2.75, 3.05) is 6.61 Å². The first-order valence-electron chi connectivity index (χ1n) is 10.2. The number of aliphatic hydroxyl groups is 1. The predicted molar refractivity (Wildman–Crippen MR) is 96.8 cm³/mol. The van der Waals surface area contributed by atoms with E-state index in [-0.39, 0.29) is 35.1 Å². The van der Waals surface area contributed by atoms with Gasteiger partial charge in [-0.3, -0.25) is 9.59 Å². The molecule has 0 spiro atoms. The molecule has 4 aliphatic rings. The van der Waals surface area contributed by atoms with Gasteiger partial charge in [0.25, 0.3) is 0 Å². The predicted octanol–water partition coefficient (Wildman–Crippen LogP) is 3.94. The SMILES string of the molecule is CC1C[C@@]2(C)C(=CC1=O)CC[C@H]1[C@@H]3CC[C@H](C(=O)CO)[C@@]3(C)CC[C@@H]12. The van der Waals surface area contributed by atoms with Crippen LogP contribution >= 0.6 is 0 Å². The fourth-order valence-corrected chi connectivity index (χ4v) is 7.54. The Morgan fingerprint density at radius 3 is 2.68 bits per heavy atom. The highest BCUT2D eigenvalue weighted by molar-refractivity contribution is 5.93. The number of fused-ring (bicyclic) bond motifs is 5. The van der Waals surface area contributed by atoms with Crippen molar-refractivity contribution in [3.05, 3.63) is 11.6 Å². The molecule has 4 rings (SSSR count). The number of carbonyl (C=O) groups excluding carboxylic acids is 2. The van der Waals surface area contributed by atoms with Crippen molar-refractivity contribution >= 4 is 11.6 Å². The van der Waals surface area contributed by atoms with Crippen LogP contribution in [0, 0.1) is 40.4 Å². The Morgan fingerprint density at radius 2 is 1.96 bits per heavy atom. The number of rotatable bonds is 2. The van der Waals surface area contributed by atoms with E-state index in [1.165, 1.54) is 18.4 Å². The van der Waals surface area contributed by atoms with Crippen LogP contribution in [-0.4, -0.2) is 23.3 Å². The fourth-order valence-electron chi connectivity index (χ4n) is 7.54. The number of carbonyl (C=O) groups is 2. The van der Waals surface area contributed by atoms with E-state index in [1.54, 1.807) is 0 Å². The maximum absolute atomic E-state index is 12.3. The molecule has 3 saturated carbocycles. The maximum Gasteiger partial charge on any atom is 0.161 e. The summed E-state index contributed by atoms with van der Waals surface area (Å²) in [6.07, 6.45) is 9.57. The summed E-state index contributed by atoms with van der Waals surface area (Å²) in [5.41, 5.74) is 1.66. The lowest BCUT2D eigenvalue weighted by Crippen LogP contribution is -2.52. The van der Waals surface area contributed by atoms with Gasteiger partial charge in [-0.1, -0.05) is 26.3 Å². The molecular formula is C22H32O3. The van der Waals surface area contributed by atoms with E-state index in [4.69, 9.17) is 0 Å². The van der Waals surface area contributed by atoms with Crippen LogP contribution in [0.15, 0.2) is 11.6 Å². The second kappa shape index (κ2) is 5.77. The average Bonchev–Trinajstić information content (AvgIpc) is 2.93. The van der Waals surface area contributed by atoms with E-state index in [0.717, 1.165) is 32.1 Å². The number of allylic oxidation sites excluding steroid dienone is 1. The zero-order valence-electron chi connectivity index (χ0n) is 15.9. The van der Waals surface area contributed by atoms with Gasteiger partial charge in [0.05, 0.1) is 0 Å².